The molecule has 2 atom stereocenters. The van der Waals surface area contributed by atoms with Crippen LogP contribution in [-0.4, -0.2) is 41.9 Å². The van der Waals surface area contributed by atoms with E-state index in [0.29, 0.717) is 19.6 Å². The van der Waals surface area contributed by atoms with Gasteiger partial charge in [-0.3, -0.25) is 4.90 Å². The van der Waals surface area contributed by atoms with E-state index in [4.69, 9.17) is 10.5 Å². The zero-order valence-corrected chi connectivity index (χ0v) is 11.2. The van der Waals surface area contributed by atoms with Gasteiger partial charge in [-0.1, -0.05) is 6.07 Å². The highest BCUT2D eigenvalue weighted by molar-refractivity contribution is 5.24. The average Bonchev–Trinajstić information content (AvgIpc) is 2.37. The maximum Gasteiger partial charge on any atom is 0.123 e. The van der Waals surface area contributed by atoms with E-state index in [1.54, 1.807) is 0 Å². The molecular formula is C14H21FN2O2. The second-order valence-corrected chi connectivity index (χ2v) is 5.12. The van der Waals surface area contributed by atoms with Crippen LogP contribution in [0.25, 0.3) is 0 Å². The molecule has 19 heavy (non-hydrogen) atoms. The number of rotatable bonds is 4. The first kappa shape index (κ1) is 14.4. The van der Waals surface area contributed by atoms with Crippen LogP contribution in [0, 0.1) is 5.82 Å². The molecule has 1 aromatic carbocycles. The van der Waals surface area contributed by atoms with Crippen molar-refractivity contribution < 1.29 is 14.2 Å². The molecule has 1 fully saturated rings. The molecule has 106 valence electrons. The predicted octanol–water partition coefficient (Wildman–Crippen LogP) is 0.866. The topological polar surface area (TPSA) is 58.7 Å². The standard InChI is InChI=1S/C14H21FN2O2/c1-10-6-17(8-14(9-18)19-10)7-12-2-11(5-16)3-13(15)4-12/h2-4,10,14,18H,5-9,16H2,1H3. The SMILES string of the molecule is CC1CN(Cc2cc(F)cc(CN)c2)CC(CO)O1. The van der Waals surface area contributed by atoms with E-state index < -0.39 is 0 Å². The van der Waals surface area contributed by atoms with Crippen LogP contribution < -0.4 is 5.73 Å². The first-order chi connectivity index (χ1) is 9.10. The highest BCUT2D eigenvalue weighted by Crippen LogP contribution is 2.16. The minimum Gasteiger partial charge on any atom is -0.394 e. The number of aliphatic hydroxyl groups is 1. The van der Waals surface area contributed by atoms with Gasteiger partial charge in [0.05, 0.1) is 18.8 Å². The molecule has 4 nitrogen and oxygen atoms in total. The van der Waals surface area contributed by atoms with Crippen molar-refractivity contribution in [2.75, 3.05) is 19.7 Å². The van der Waals surface area contributed by atoms with Gasteiger partial charge in [-0.15, -0.1) is 0 Å². The molecule has 1 heterocycles. The van der Waals surface area contributed by atoms with Crippen LogP contribution in [0.4, 0.5) is 4.39 Å². The Bertz CT molecular complexity index is 428. The smallest absolute Gasteiger partial charge is 0.123 e. The van der Waals surface area contributed by atoms with E-state index in [0.717, 1.165) is 17.7 Å². The number of ether oxygens (including phenoxy) is 1. The minimum atomic E-state index is -0.252. The van der Waals surface area contributed by atoms with Crippen LogP contribution in [0.2, 0.25) is 0 Å². The fourth-order valence-corrected chi connectivity index (χ4v) is 2.56. The van der Waals surface area contributed by atoms with Crippen molar-refractivity contribution in [3.8, 4) is 0 Å². The molecule has 2 rings (SSSR count). The second-order valence-electron chi connectivity index (χ2n) is 5.12. The van der Waals surface area contributed by atoms with Gasteiger partial charge in [0.1, 0.15) is 5.82 Å². The zero-order chi connectivity index (χ0) is 13.8. The molecule has 1 saturated heterocycles. The molecule has 2 unspecified atom stereocenters. The summed E-state index contributed by atoms with van der Waals surface area (Å²) in [6.07, 6.45) is -0.0836. The highest BCUT2D eigenvalue weighted by Gasteiger charge is 2.24. The number of benzene rings is 1. The lowest BCUT2D eigenvalue weighted by Gasteiger charge is -2.36. The third-order valence-corrected chi connectivity index (χ3v) is 3.26. The Balaban J connectivity index is 2.05. The molecule has 0 amide bonds. The first-order valence-electron chi connectivity index (χ1n) is 6.57. The van der Waals surface area contributed by atoms with Crippen molar-refractivity contribution in [2.45, 2.75) is 32.2 Å². The van der Waals surface area contributed by atoms with Crippen LogP contribution in [0.15, 0.2) is 18.2 Å². The molecule has 0 radical (unpaired) electrons. The van der Waals surface area contributed by atoms with Gasteiger partial charge in [-0.05, 0) is 30.2 Å². The van der Waals surface area contributed by atoms with Crippen molar-refractivity contribution in [1.82, 2.24) is 4.90 Å². The molecule has 5 heteroatoms. The number of aliphatic hydroxyl groups excluding tert-OH is 1. The quantitative estimate of drug-likeness (QED) is 0.850. The fourth-order valence-electron chi connectivity index (χ4n) is 2.56. The van der Waals surface area contributed by atoms with Crippen molar-refractivity contribution in [2.24, 2.45) is 5.73 Å². The predicted molar refractivity (Wildman–Crippen MR) is 71.0 cm³/mol. The number of nitrogens with two attached hydrogens (primary N) is 1. The molecule has 1 aliphatic rings. The van der Waals surface area contributed by atoms with Gasteiger partial charge in [0.25, 0.3) is 0 Å². The molecule has 0 aromatic heterocycles. The van der Waals surface area contributed by atoms with Crippen molar-refractivity contribution in [1.29, 1.82) is 0 Å². The maximum absolute atomic E-state index is 13.4. The van der Waals surface area contributed by atoms with Gasteiger partial charge < -0.3 is 15.6 Å². The molecule has 0 spiro atoms. The Morgan fingerprint density at radius 2 is 2.11 bits per heavy atom. The minimum absolute atomic E-state index is 0.0119. The zero-order valence-electron chi connectivity index (χ0n) is 11.2. The van der Waals surface area contributed by atoms with Gasteiger partial charge in [-0.2, -0.15) is 0 Å². The van der Waals surface area contributed by atoms with E-state index in [1.165, 1.54) is 12.1 Å². The number of halogens is 1. The maximum atomic E-state index is 13.4. The van der Waals surface area contributed by atoms with Gasteiger partial charge in [-0.25, -0.2) is 4.39 Å². The summed E-state index contributed by atoms with van der Waals surface area (Å²) in [6.45, 7) is 4.42. The summed E-state index contributed by atoms with van der Waals surface area (Å²) in [5.74, 6) is -0.252. The highest BCUT2D eigenvalue weighted by atomic mass is 19.1. The molecule has 0 aliphatic carbocycles. The Hall–Kier alpha value is -1.01. The number of morpholine rings is 1. The monoisotopic (exact) mass is 268 g/mol. The Kier molecular flexibility index (Phi) is 4.87. The van der Waals surface area contributed by atoms with E-state index in [9.17, 15) is 9.50 Å². The molecule has 0 bridgehead atoms. The first-order valence-corrected chi connectivity index (χ1v) is 6.57. The van der Waals surface area contributed by atoms with Gasteiger partial charge >= 0.3 is 0 Å². The summed E-state index contributed by atoms with van der Waals surface area (Å²) in [7, 11) is 0. The van der Waals surface area contributed by atoms with Crippen LogP contribution in [0.5, 0.6) is 0 Å². The van der Waals surface area contributed by atoms with E-state index in [1.807, 2.05) is 13.0 Å². The summed E-state index contributed by atoms with van der Waals surface area (Å²) in [5.41, 5.74) is 7.26. The largest absolute Gasteiger partial charge is 0.394 e. The van der Waals surface area contributed by atoms with Crippen molar-refractivity contribution in [3.05, 3.63) is 35.1 Å². The van der Waals surface area contributed by atoms with Crippen molar-refractivity contribution >= 4 is 0 Å². The lowest BCUT2D eigenvalue weighted by atomic mass is 10.1. The third-order valence-electron chi connectivity index (χ3n) is 3.26. The lowest BCUT2D eigenvalue weighted by molar-refractivity contribution is -0.0972. The average molecular weight is 268 g/mol. The van der Waals surface area contributed by atoms with Crippen LogP contribution in [-0.2, 0) is 17.8 Å². The number of nitrogens with zero attached hydrogens (tertiary/aromatic N) is 1. The Labute approximate surface area is 113 Å². The molecule has 1 aliphatic heterocycles. The summed E-state index contributed by atoms with van der Waals surface area (Å²) in [4.78, 5) is 2.17. The third kappa shape index (κ3) is 3.98. The van der Waals surface area contributed by atoms with Gasteiger partial charge in [0, 0.05) is 26.2 Å². The summed E-state index contributed by atoms with van der Waals surface area (Å²) in [5, 5.41) is 9.19. The van der Waals surface area contributed by atoms with Gasteiger partial charge in [0.2, 0.25) is 0 Å². The normalized spacial score (nSPS) is 24.6. The molecule has 0 saturated carbocycles. The number of hydrogen-bond acceptors (Lipinski definition) is 4. The molecule has 3 N–H and O–H groups in total. The summed E-state index contributed by atoms with van der Waals surface area (Å²) in [6, 6.07) is 4.92. The van der Waals surface area contributed by atoms with Gasteiger partial charge in [0.15, 0.2) is 0 Å². The Morgan fingerprint density at radius 1 is 1.37 bits per heavy atom. The molecule has 1 aromatic rings. The fraction of sp³-hybridized carbons (Fsp3) is 0.571. The molecular weight excluding hydrogens is 247 g/mol. The summed E-state index contributed by atoms with van der Waals surface area (Å²) >= 11 is 0. The second kappa shape index (κ2) is 6.43. The van der Waals surface area contributed by atoms with E-state index >= 15 is 0 Å². The Morgan fingerprint density at radius 3 is 2.79 bits per heavy atom. The van der Waals surface area contributed by atoms with Crippen LogP contribution in [0.3, 0.4) is 0 Å². The summed E-state index contributed by atoms with van der Waals surface area (Å²) < 4.78 is 19.0. The lowest BCUT2D eigenvalue weighted by Crippen LogP contribution is -2.47. The van der Waals surface area contributed by atoms with E-state index in [2.05, 4.69) is 4.90 Å². The van der Waals surface area contributed by atoms with E-state index in [-0.39, 0.29) is 24.6 Å². The van der Waals surface area contributed by atoms with Crippen molar-refractivity contribution in [3.63, 3.8) is 0 Å². The van der Waals surface area contributed by atoms with Crippen LogP contribution >= 0.6 is 0 Å². The van der Waals surface area contributed by atoms with Crippen LogP contribution in [0.1, 0.15) is 18.1 Å². The number of hydrogen-bond donors (Lipinski definition) is 2.